The van der Waals surface area contributed by atoms with E-state index in [9.17, 15) is 4.79 Å². The first-order valence-corrected chi connectivity index (χ1v) is 7.79. The van der Waals surface area contributed by atoms with Crippen LogP contribution in [0.1, 0.15) is 37.0 Å². The van der Waals surface area contributed by atoms with Crippen LogP contribution >= 0.6 is 0 Å². The summed E-state index contributed by atoms with van der Waals surface area (Å²) in [5, 5.41) is 2.88. The molecular formula is C19H23NO2. The van der Waals surface area contributed by atoms with Gasteiger partial charge in [0.2, 0.25) is 5.91 Å². The zero-order valence-corrected chi connectivity index (χ0v) is 13.0. The van der Waals surface area contributed by atoms with Crippen LogP contribution in [0.2, 0.25) is 0 Å². The summed E-state index contributed by atoms with van der Waals surface area (Å²) >= 11 is 0. The highest BCUT2D eigenvalue weighted by atomic mass is 16.5. The van der Waals surface area contributed by atoms with E-state index in [4.69, 9.17) is 4.74 Å². The summed E-state index contributed by atoms with van der Waals surface area (Å²) in [4.78, 5) is 11.8. The van der Waals surface area contributed by atoms with E-state index in [1.165, 1.54) is 0 Å². The molecule has 0 saturated heterocycles. The first-order chi connectivity index (χ1) is 10.8. The van der Waals surface area contributed by atoms with E-state index in [0.717, 1.165) is 24.0 Å². The lowest BCUT2D eigenvalue weighted by atomic mass is 10.0. The standard InChI is InChI=1S/C19H23NO2/c1-2-3-14-20-18(21)15-22-19(16-10-6-4-7-11-16)17-12-8-5-9-13-17/h4-13,19H,2-3,14-15H2,1H3,(H,20,21). The van der Waals surface area contributed by atoms with Crippen LogP contribution in [-0.2, 0) is 9.53 Å². The van der Waals surface area contributed by atoms with E-state index >= 15 is 0 Å². The average Bonchev–Trinajstić information content (AvgIpc) is 2.57. The predicted molar refractivity (Wildman–Crippen MR) is 88.6 cm³/mol. The molecule has 0 fully saturated rings. The predicted octanol–water partition coefficient (Wildman–Crippen LogP) is 3.71. The molecule has 2 rings (SSSR count). The van der Waals surface area contributed by atoms with Crippen molar-refractivity contribution in [3.05, 3.63) is 71.8 Å². The molecule has 3 nitrogen and oxygen atoms in total. The molecule has 1 N–H and O–H groups in total. The number of amides is 1. The van der Waals surface area contributed by atoms with Gasteiger partial charge in [0.15, 0.2) is 0 Å². The number of hydrogen-bond donors (Lipinski definition) is 1. The lowest BCUT2D eigenvalue weighted by molar-refractivity contribution is -0.127. The van der Waals surface area contributed by atoms with E-state index in [2.05, 4.69) is 12.2 Å². The summed E-state index contributed by atoms with van der Waals surface area (Å²) < 4.78 is 5.89. The SMILES string of the molecule is CCCCNC(=O)COC(c1ccccc1)c1ccccc1. The highest BCUT2D eigenvalue weighted by Gasteiger charge is 2.15. The van der Waals surface area contributed by atoms with Crippen LogP contribution in [0.4, 0.5) is 0 Å². The molecule has 22 heavy (non-hydrogen) atoms. The van der Waals surface area contributed by atoms with Gasteiger partial charge in [0, 0.05) is 6.54 Å². The van der Waals surface area contributed by atoms with Crippen LogP contribution in [0.25, 0.3) is 0 Å². The number of nitrogens with one attached hydrogen (secondary N) is 1. The molecule has 116 valence electrons. The van der Waals surface area contributed by atoms with E-state index in [1.807, 2.05) is 60.7 Å². The Bertz CT molecular complexity index is 515. The average molecular weight is 297 g/mol. The molecule has 0 bridgehead atoms. The number of hydrogen-bond acceptors (Lipinski definition) is 2. The Morgan fingerprint density at radius 2 is 1.55 bits per heavy atom. The van der Waals surface area contributed by atoms with Gasteiger partial charge in [0.1, 0.15) is 12.7 Å². The van der Waals surface area contributed by atoms with E-state index < -0.39 is 0 Å². The lowest BCUT2D eigenvalue weighted by Gasteiger charge is -2.18. The van der Waals surface area contributed by atoms with Crippen molar-refractivity contribution in [3.63, 3.8) is 0 Å². The molecule has 3 heteroatoms. The minimum Gasteiger partial charge on any atom is -0.359 e. The van der Waals surface area contributed by atoms with E-state index in [0.29, 0.717) is 6.54 Å². The summed E-state index contributed by atoms with van der Waals surface area (Å²) in [6.45, 7) is 2.88. The highest BCUT2D eigenvalue weighted by Crippen LogP contribution is 2.25. The summed E-state index contributed by atoms with van der Waals surface area (Å²) in [5.41, 5.74) is 2.10. The maximum absolute atomic E-state index is 11.8. The highest BCUT2D eigenvalue weighted by molar-refractivity contribution is 5.77. The van der Waals surface area contributed by atoms with Gasteiger partial charge >= 0.3 is 0 Å². The van der Waals surface area contributed by atoms with Crippen LogP contribution in [0.15, 0.2) is 60.7 Å². The van der Waals surface area contributed by atoms with Crippen molar-refractivity contribution < 1.29 is 9.53 Å². The Labute approximate surface area is 132 Å². The van der Waals surface area contributed by atoms with Gasteiger partial charge in [0.25, 0.3) is 0 Å². The Balaban J connectivity index is 2.02. The van der Waals surface area contributed by atoms with Crippen LogP contribution in [-0.4, -0.2) is 19.1 Å². The van der Waals surface area contributed by atoms with E-state index in [-0.39, 0.29) is 18.6 Å². The summed E-state index contributed by atoms with van der Waals surface area (Å²) in [6.07, 6.45) is 1.84. The van der Waals surface area contributed by atoms with E-state index in [1.54, 1.807) is 0 Å². The summed E-state index contributed by atoms with van der Waals surface area (Å²) in [7, 11) is 0. The second-order valence-corrected chi connectivity index (χ2v) is 5.22. The topological polar surface area (TPSA) is 38.3 Å². The van der Waals surface area contributed by atoms with Crippen LogP contribution < -0.4 is 5.32 Å². The molecule has 0 saturated carbocycles. The second kappa shape index (κ2) is 9.00. The maximum atomic E-state index is 11.8. The van der Waals surface area contributed by atoms with Gasteiger partial charge in [-0.3, -0.25) is 4.79 Å². The monoisotopic (exact) mass is 297 g/mol. The third-order valence-corrected chi connectivity index (χ3v) is 3.44. The van der Waals surface area contributed by atoms with Crippen molar-refractivity contribution >= 4 is 5.91 Å². The first-order valence-electron chi connectivity index (χ1n) is 7.79. The van der Waals surface area contributed by atoms with Gasteiger partial charge < -0.3 is 10.1 Å². The Morgan fingerprint density at radius 1 is 1.00 bits per heavy atom. The normalized spacial score (nSPS) is 10.6. The summed E-state index contributed by atoms with van der Waals surface area (Å²) in [5.74, 6) is -0.0645. The number of carbonyl (C=O) groups is 1. The minimum atomic E-state index is -0.223. The molecule has 2 aromatic rings. The molecule has 0 spiro atoms. The Morgan fingerprint density at radius 3 is 2.05 bits per heavy atom. The third-order valence-electron chi connectivity index (χ3n) is 3.44. The number of benzene rings is 2. The molecule has 0 aromatic heterocycles. The molecule has 0 heterocycles. The van der Waals surface area contributed by atoms with Gasteiger partial charge in [-0.2, -0.15) is 0 Å². The number of unbranched alkanes of at least 4 members (excludes halogenated alkanes) is 1. The first kappa shape index (κ1) is 16.2. The van der Waals surface area contributed by atoms with Crippen molar-refractivity contribution in [1.29, 1.82) is 0 Å². The smallest absolute Gasteiger partial charge is 0.246 e. The van der Waals surface area contributed by atoms with Crippen molar-refractivity contribution in [1.82, 2.24) is 5.32 Å². The van der Waals surface area contributed by atoms with Gasteiger partial charge in [-0.15, -0.1) is 0 Å². The largest absolute Gasteiger partial charge is 0.359 e. The fourth-order valence-corrected chi connectivity index (χ4v) is 2.26. The molecule has 0 radical (unpaired) electrons. The molecule has 0 aliphatic heterocycles. The van der Waals surface area contributed by atoms with Crippen molar-refractivity contribution in [2.45, 2.75) is 25.9 Å². The zero-order valence-electron chi connectivity index (χ0n) is 13.0. The van der Waals surface area contributed by atoms with Crippen molar-refractivity contribution in [3.8, 4) is 0 Å². The van der Waals surface area contributed by atoms with Gasteiger partial charge in [-0.1, -0.05) is 74.0 Å². The molecule has 0 aliphatic rings. The molecule has 0 atom stereocenters. The molecule has 0 aliphatic carbocycles. The fourth-order valence-electron chi connectivity index (χ4n) is 2.26. The van der Waals surface area contributed by atoms with Crippen LogP contribution in [0, 0.1) is 0 Å². The maximum Gasteiger partial charge on any atom is 0.246 e. The summed E-state index contributed by atoms with van der Waals surface area (Å²) in [6, 6.07) is 20.0. The zero-order chi connectivity index (χ0) is 15.6. The fraction of sp³-hybridized carbons (Fsp3) is 0.316. The number of carbonyl (C=O) groups excluding carboxylic acids is 1. The quantitative estimate of drug-likeness (QED) is 0.754. The molecule has 2 aromatic carbocycles. The number of rotatable bonds is 8. The van der Waals surface area contributed by atoms with Crippen molar-refractivity contribution in [2.75, 3.05) is 13.2 Å². The van der Waals surface area contributed by atoms with Gasteiger partial charge in [0.05, 0.1) is 0 Å². The lowest BCUT2D eigenvalue weighted by Crippen LogP contribution is -2.29. The Hall–Kier alpha value is -2.13. The molecular weight excluding hydrogens is 274 g/mol. The third kappa shape index (κ3) is 5.01. The van der Waals surface area contributed by atoms with Gasteiger partial charge in [-0.05, 0) is 17.5 Å². The number of ether oxygens (including phenoxy) is 1. The van der Waals surface area contributed by atoms with Crippen LogP contribution in [0.5, 0.6) is 0 Å². The molecule has 0 unspecified atom stereocenters. The Kier molecular flexibility index (Phi) is 6.65. The van der Waals surface area contributed by atoms with Crippen LogP contribution in [0.3, 0.4) is 0 Å². The van der Waals surface area contributed by atoms with Gasteiger partial charge in [-0.25, -0.2) is 0 Å². The molecule has 1 amide bonds. The van der Waals surface area contributed by atoms with Crippen molar-refractivity contribution in [2.24, 2.45) is 0 Å². The second-order valence-electron chi connectivity index (χ2n) is 5.22. The minimum absolute atomic E-state index is 0.0645.